The molecule has 0 aliphatic heterocycles. The molecule has 0 saturated heterocycles. The first-order valence-electron chi connectivity index (χ1n) is 5.99. The minimum absolute atomic E-state index is 0.158. The zero-order chi connectivity index (χ0) is 12.7. The molecule has 1 heterocycles. The molecule has 0 aromatic carbocycles. The second-order valence-corrected chi connectivity index (χ2v) is 3.72. The van der Waals surface area contributed by atoms with Crippen LogP contribution in [0, 0.1) is 6.92 Å². The number of nitrogens with zero attached hydrogens (tertiary/aromatic N) is 2. The lowest BCUT2D eigenvalue weighted by atomic mass is 10.4. The van der Waals surface area contributed by atoms with E-state index in [9.17, 15) is 0 Å². The van der Waals surface area contributed by atoms with Gasteiger partial charge in [-0.15, -0.1) is 0 Å². The van der Waals surface area contributed by atoms with Crippen LogP contribution in [-0.4, -0.2) is 35.8 Å². The van der Waals surface area contributed by atoms with Gasteiger partial charge in [0.15, 0.2) is 0 Å². The number of nitrogens with one attached hydrogen (secondary N) is 1. The SMILES string of the molecule is CCOc1cc(NCC(C)OCC)nc(C)n1. The van der Waals surface area contributed by atoms with E-state index >= 15 is 0 Å². The van der Waals surface area contributed by atoms with Gasteiger partial charge in [-0.1, -0.05) is 0 Å². The zero-order valence-corrected chi connectivity index (χ0v) is 11.0. The summed E-state index contributed by atoms with van der Waals surface area (Å²) < 4.78 is 10.8. The van der Waals surface area contributed by atoms with E-state index in [0.29, 0.717) is 18.3 Å². The van der Waals surface area contributed by atoms with Crippen LogP contribution in [0.2, 0.25) is 0 Å². The van der Waals surface area contributed by atoms with Crippen molar-refractivity contribution >= 4 is 5.82 Å². The average molecular weight is 239 g/mol. The molecule has 1 rings (SSSR count). The Bertz CT molecular complexity index is 345. The summed E-state index contributed by atoms with van der Waals surface area (Å²) in [7, 11) is 0. The fourth-order valence-corrected chi connectivity index (χ4v) is 1.44. The number of anilines is 1. The van der Waals surface area contributed by atoms with Crippen LogP contribution in [0.25, 0.3) is 0 Å². The summed E-state index contributed by atoms with van der Waals surface area (Å²) in [6.45, 7) is 9.82. The van der Waals surface area contributed by atoms with Crippen LogP contribution in [0.3, 0.4) is 0 Å². The molecule has 96 valence electrons. The molecule has 0 bridgehead atoms. The number of hydrogen-bond acceptors (Lipinski definition) is 5. The van der Waals surface area contributed by atoms with E-state index < -0.39 is 0 Å². The molecule has 0 saturated carbocycles. The second-order valence-electron chi connectivity index (χ2n) is 3.72. The maximum absolute atomic E-state index is 5.43. The highest BCUT2D eigenvalue weighted by Crippen LogP contribution is 2.13. The second kappa shape index (κ2) is 7.06. The van der Waals surface area contributed by atoms with E-state index in [4.69, 9.17) is 9.47 Å². The van der Waals surface area contributed by atoms with Gasteiger partial charge in [0.2, 0.25) is 5.88 Å². The van der Waals surface area contributed by atoms with Gasteiger partial charge in [0.1, 0.15) is 11.6 Å². The van der Waals surface area contributed by atoms with Crippen LogP contribution in [0.5, 0.6) is 5.88 Å². The summed E-state index contributed by atoms with van der Waals surface area (Å²) in [5.74, 6) is 2.07. The molecular formula is C12H21N3O2. The van der Waals surface area contributed by atoms with Crippen LogP contribution < -0.4 is 10.1 Å². The van der Waals surface area contributed by atoms with Crippen LogP contribution in [0.1, 0.15) is 26.6 Å². The Morgan fingerprint density at radius 3 is 2.71 bits per heavy atom. The van der Waals surface area contributed by atoms with Gasteiger partial charge in [0.05, 0.1) is 12.7 Å². The Balaban J connectivity index is 2.57. The smallest absolute Gasteiger partial charge is 0.218 e. The first-order valence-corrected chi connectivity index (χ1v) is 5.99. The first kappa shape index (κ1) is 13.7. The molecule has 1 unspecified atom stereocenters. The van der Waals surface area contributed by atoms with Gasteiger partial charge in [0, 0.05) is 19.2 Å². The predicted octanol–water partition coefficient (Wildman–Crippen LogP) is 2.02. The van der Waals surface area contributed by atoms with Crippen LogP contribution in [-0.2, 0) is 4.74 Å². The molecule has 0 aliphatic rings. The fraction of sp³-hybridized carbons (Fsp3) is 0.667. The van der Waals surface area contributed by atoms with E-state index in [-0.39, 0.29) is 6.10 Å². The van der Waals surface area contributed by atoms with Crippen molar-refractivity contribution in [2.75, 3.05) is 25.1 Å². The Labute approximate surface area is 103 Å². The van der Waals surface area contributed by atoms with Crippen molar-refractivity contribution in [1.29, 1.82) is 0 Å². The molecule has 5 nitrogen and oxygen atoms in total. The Morgan fingerprint density at radius 1 is 1.29 bits per heavy atom. The molecule has 1 N–H and O–H groups in total. The molecule has 0 radical (unpaired) electrons. The number of hydrogen-bond donors (Lipinski definition) is 1. The molecule has 1 atom stereocenters. The lowest BCUT2D eigenvalue weighted by Crippen LogP contribution is -2.20. The van der Waals surface area contributed by atoms with Crippen molar-refractivity contribution in [2.45, 2.75) is 33.8 Å². The topological polar surface area (TPSA) is 56.3 Å². The first-order chi connectivity index (χ1) is 8.15. The van der Waals surface area contributed by atoms with Gasteiger partial charge < -0.3 is 14.8 Å². The highest BCUT2D eigenvalue weighted by Gasteiger charge is 2.04. The minimum Gasteiger partial charge on any atom is -0.478 e. The van der Waals surface area contributed by atoms with Crippen LogP contribution in [0.15, 0.2) is 6.07 Å². The molecule has 0 fully saturated rings. The lowest BCUT2D eigenvalue weighted by molar-refractivity contribution is 0.0854. The molecule has 5 heteroatoms. The quantitative estimate of drug-likeness (QED) is 0.789. The van der Waals surface area contributed by atoms with Gasteiger partial charge in [-0.3, -0.25) is 0 Å². The fourth-order valence-electron chi connectivity index (χ4n) is 1.44. The van der Waals surface area contributed by atoms with E-state index in [0.717, 1.165) is 19.0 Å². The molecule has 1 aromatic rings. The molecule has 0 aliphatic carbocycles. The van der Waals surface area contributed by atoms with E-state index in [1.807, 2.05) is 27.7 Å². The zero-order valence-electron chi connectivity index (χ0n) is 11.0. The Kier molecular flexibility index (Phi) is 5.69. The highest BCUT2D eigenvalue weighted by molar-refractivity contribution is 5.38. The number of aromatic nitrogens is 2. The third-order valence-corrected chi connectivity index (χ3v) is 2.13. The third-order valence-electron chi connectivity index (χ3n) is 2.13. The maximum atomic E-state index is 5.43. The maximum Gasteiger partial charge on any atom is 0.218 e. The molecule has 0 amide bonds. The Morgan fingerprint density at radius 2 is 2.06 bits per heavy atom. The monoisotopic (exact) mass is 239 g/mol. The summed E-state index contributed by atoms with van der Waals surface area (Å²) in [6.07, 6.45) is 0.158. The van der Waals surface area contributed by atoms with Crippen molar-refractivity contribution in [3.05, 3.63) is 11.9 Å². The normalized spacial score (nSPS) is 12.2. The van der Waals surface area contributed by atoms with Crippen molar-refractivity contribution in [3.63, 3.8) is 0 Å². The van der Waals surface area contributed by atoms with Crippen molar-refractivity contribution in [2.24, 2.45) is 0 Å². The standard InChI is InChI=1S/C12H21N3O2/c1-5-16-9(3)8-13-11-7-12(17-6-2)15-10(4)14-11/h7,9H,5-6,8H2,1-4H3,(H,13,14,15). The van der Waals surface area contributed by atoms with Gasteiger partial charge in [-0.25, -0.2) is 4.98 Å². The molecule has 1 aromatic heterocycles. The van der Waals surface area contributed by atoms with Crippen molar-refractivity contribution < 1.29 is 9.47 Å². The van der Waals surface area contributed by atoms with Crippen molar-refractivity contribution in [3.8, 4) is 5.88 Å². The van der Waals surface area contributed by atoms with Gasteiger partial charge in [-0.2, -0.15) is 4.98 Å². The van der Waals surface area contributed by atoms with E-state index in [1.165, 1.54) is 0 Å². The van der Waals surface area contributed by atoms with Gasteiger partial charge in [-0.05, 0) is 27.7 Å². The number of ether oxygens (including phenoxy) is 2. The predicted molar refractivity (Wildman–Crippen MR) is 67.5 cm³/mol. The third kappa shape index (κ3) is 4.99. The Hall–Kier alpha value is -1.36. The summed E-state index contributed by atoms with van der Waals surface area (Å²) >= 11 is 0. The van der Waals surface area contributed by atoms with Crippen LogP contribution in [0.4, 0.5) is 5.82 Å². The highest BCUT2D eigenvalue weighted by atomic mass is 16.5. The molecule has 0 spiro atoms. The van der Waals surface area contributed by atoms with E-state index in [1.54, 1.807) is 6.07 Å². The van der Waals surface area contributed by atoms with Gasteiger partial charge in [0.25, 0.3) is 0 Å². The average Bonchev–Trinajstić information content (AvgIpc) is 2.26. The molecule has 17 heavy (non-hydrogen) atoms. The largest absolute Gasteiger partial charge is 0.478 e. The van der Waals surface area contributed by atoms with Crippen molar-refractivity contribution in [1.82, 2.24) is 9.97 Å². The summed E-state index contributed by atoms with van der Waals surface area (Å²) in [5.41, 5.74) is 0. The van der Waals surface area contributed by atoms with E-state index in [2.05, 4.69) is 15.3 Å². The lowest BCUT2D eigenvalue weighted by Gasteiger charge is -2.13. The molecular weight excluding hydrogens is 218 g/mol. The number of aryl methyl sites for hydroxylation is 1. The summed E-state index contributed by atoms with van der Waals surface area (Å²) in [4.78, 5) is 8.47. The summed E-state index contributed by atoms with van der Waals surface area (Å²) in [6, 6.07) is 1.80. The number of rotatable bonds is 7. The van der Waals surface area contributed by atoms with Gasteiger partial charge >= 0.3 is 0 Å². The van der Waals surface area contributed by atoms with Crippen LogP contribution >= 0.6 is 0 Å². The minimum atomic E-state index is 0.158. The summed E-state index contributed by atoms with van der Waals surface area (Å²) in [5, 5.41) is 3.21.